The molecule has 0 aliphatic heterocycles. The lowest BCUT2D eigenvalue weighted by Gasteiger charge is -2.12. The van der Waals surface area contributed by atoms with Gasteiger partial charge in [-0.2, -0.15) is 0 Å². The van der Waals surface area contributed by atoms with Crippen molar-refractivity contribution in [2.45, 2.75) is 0 Å². The third kappa shape index (κ3) is 4.08. The van der Waals surface area contributed by atoms with Gasteiger partial charge in [-0.05, 0) is 53.2 Å². The predicted octanol–water partition coefficient (Wildman–Crippen LogP) is 11.0. The number of benzene rings is 7. The molecule has 0 radical (unpaired) electrons. The van der Waals surface area contributed by atoms with Crippen LogP contribution >= 0.6 is 0 Å². The SMILES string of the molecule is c1ccc(-c2nc(-c3ccccc3)nc(-c3cccc(-n4c5ccccc5c5c6ccc7oc8ccccc8c7c6ccc54)c3)n2)cc1. The van der Waals surface area contributed by atoms with Crippen molar-refractivity contribution in [1.82, 2.24) is 19.5 Å². The van der Waals surface area contributed by atoms with E-state index >= 15 is 0 Å². The Morgan fingerprint density at radius 1 is 0.375 bits per heavy atom. The average Bonchev–Trinajstić information content (AvgIpc) is 3.72. The fourth-order valence-electron chi connectivity index (χ4n) is 7.10. The van der Waals surface area contributed by atoms with Gasteiger partial charge in [0.15, 0.2) is 17.5 Å². The summed E-state index contributed by atoms with van der Waals surface area (Å²) in [5.74, 6) is 1.92. The Hall–Kier alpha value is -6.59. The van der Waals surface area contributed by atoms with E-state index < -0.39 is 0 Å². The smallest absolute Gasteiger partial charge is 0.164 e. The van der Waals surface area contributed by atoms with Crippen LogP contribution in [-0.4, -0.2) is 19.5 Å². The summed E-state index contributed by atoms with van der Waals surface area (Å²) in [7, 11) is 0. The highest BCUT2D eigenvalue weighted by Crippen LogP contribution is 2.41. The molecule has 0 saturated heterocycles. The molecular formula is C43H26N4O. The number of nitrogens with zero attached hydrogens (tertiary/aromatic N) is 4. The lowest BCUT2D eigenvalue weighted by atomic mass is 9.99. The summed E-state index contributed by atoms with van der Waals surface area (Å²) in [4.78, 5) is 14.9. The number of rotatable bonds is 4. The maximum absolute atomic E-state index is 6.24. The second-order valence-corrected chi connectivity index (χ2v) is 12.0. The van der Waals surface area contributed by atoms with Gasteiger partial charge in [-0.15, -0.1) is 0 Å². The van der Waals surface area contributed by atoms with Gasteiger partial charge in [0, 0.05) is 43.9 Å². The fraction of sp³-hybridized carbons (Fsp3) is 0. The fourth-order valence-corrected chi connectivity index (χ4v) is 7.10. The Labute approximate surface area is 275 Å². The van der Waals surface area contributed by atoms with Crippen molar-refractivity contribution in [1.29, 1.82) is 0 Å². The molecular weight excluding hydrogens is 589 g/mol. The van der Waals surface area contributed by atoms with Crippen LogP contribution in [0.15, 0.2) is 162 Å². The van der Waals surface area contributed by atoms with E-state index in [1.165, 1.54) is 21.5 Å². The number of hydrogen-bond donors (Lipinski definition) is 0. The van der Waals surface area contributed by atoms with E-state index in [1.54, 1.807) is 0 Å². The van der Waals surface area contributed by atoms with Gasteiger partial charge in [0.25, 0.3) is 0 Å². The molecule has 48 heavy (non-hydrogen) atoms. The molecule has 224 valence electrons. The van der Waals surface area contributed by atoms with E-state index in [2.05, 4.69) is 89.5 Å². The van der Waals surface area contributed by atoms with Gasteiger partial charge in [0.1, 0.15) is 11.2 Å². The van der Waals surface area contributed by atoms with E-state index in [1.807, 2.05) is 72.8 Å². The van der Waals surface area contributed by atoms with E-state index in [-0.39, 0.29) is 0 Å². The van der Waals surface area contributed by atoms with Crippen LogP contribution < -0.4 is 0 Å². The first-order valence-corrected chi connectivity index (χ1v) is 16.0. The molecule has 10 aromatic rings. The van der Waals surface area contributed by atoms with Crippen LogP contribution in [0.3, 0.4) is 0 Å². The third-order valence-corrected chi connectivity index (χ3v) is 9.23. The van der Waals surface area contributed by atoms with Crippen LogP contribution in [0.4, 0.5) is 0 Å². The summed E-state index contributed by atoms with van der Waals surface area (Å²) in [5, 5.41) is 7.11. The van der Waals surface area contributed by atoms with E-state index in [0.29, 0.717) is 17.5 Å². The van der Waals surface area contributed by atoms with Crippen molar-refractivity contribution in [3.63, 3.8) is 0 Å². The molecule has 0 atom stereocenters. The standard InChI is InChI=1S/C43H26N4O/c1-3-12-27(13-4-1)41-44-42(28-14-5-2-6-15-28)46-43(45-41)29-16-11-17-30(26-29)47-35-20-9-7-18-33(35)39-31-23-25-38-40(32(31)22-24-36(39)47)34-19-8-10-21-37(34)48-38/h1-26H. The van der Waals surface area contributed by atoms with Gasteiger partial charge in [0.05, 0.1) is 11.0 Å². The molecule has 0 spiro atoms. The van der Waals surface area contributed by atoms with Gasteiger partial charge in [-0.1, -0.05) is 115 Å². The molecule has 0 amide bonds. The quantitative estimate of drug-likeness (QED) is 0.198. The Morgan fingerprint density at radius 3 is 1.71 bits per heavy atom. The summed E-state index contributed by atoms with van der Waals surface area (Å²) in [6.07, 6.45) is 0. The van der Waals surface area contributed by atoms with Crippen molar-refractivity contribution in [3.8, 4) is 39.9 Å². The average molecular weight is 615 g/mol. The Kier molecular flexibility index (Phi) is 5.81. The molecule has 0 aliphatic rings. The maximum Gasteiger partial charge on any atom is 0.164 e. The molecule has 0 fully saturated rings. The monoisotopic (exact) mass is 614 g/mol. The molecule has 3 aromatic heterocycles. The van der Waals surface area contributed by atoms with Gasteiger partial charge in [-0.25, -0.2) is 15.0 Å². The second kappa shape index (κ2) is 10.5. The maximum atomic E-state index is 6.24. The number of para-hydroxylation sites is 2. The van der Waals surface area contributed by atoms with E-state index in [9.17, 15) is 0 Å². The first-order chi connectivity index (χ1) is 23.8. The van der Waals surface area contributed by atoms with Crippen LogP contribution in [0.2, 0.25) is 0 Å². The summed E-state index contributed by atoms with van der Waals surface area (Å²) in [5.41, 5.74) is 7.94. The van der Waals surface area contributed by atoms with Crippen molar-refractivity contribution < 1.29 is 4.42 Å². The van der Waals surface area contributed by atoms with Gasteiger partial charge in [-0.3, -0.25) is 0 Å². The van der Waals surface area contributed by atoms with E-state index in [4.69, 9.17) is 19.4 Å². The lowest BCUT2D eigenvalue weighted by molar-refractivity contribution is 0.669. The highest BCUT2D eigenvalue weighted by molar-refractivity contribution is 6.28. The zero-order valence-corrected chi connectivity index (χ0v) is 25.7. The minimum Gasteiger partial charge on any atom is -0.456 e. The summed E-state index contributed by atoms with van der Waals surface area (Å²) < 4.78 is 8.59. The Balaban J connectivity index is 1.20. The van der Waals surface area contributed by atoms with Gasteiger partial charge in [0.2, 0.25) is 0 Å². The first kappa shape index (κ1) is 26.6. The summed E-state index contributed by atoms with van der Waals surface area (Å²) in [6, 6.07) is 54.4. The molecule has 3 heterocycles. The molecule has 5 heteroatoms. The van der Waals surface area contributed by atoms with Crippen LogP contribution in [0.5, 0.6) is 0 Å². The van der Waals surface area contributed by atoms with Crippen LogP contribution in [0.25, 0.3) is 94.4 Å². The van der Waals surface area contributed by atoms with Crippen LogP contribution in [0, 0.1) is 0 Å². The summed E-state index contributed by atoms with van der Waals surface area (Å²) >= 11 is 0. The third-order valence-electron chi connectivity index (χ3n) is 9.23. The highest BCUT2D eigenvalue weighted by atomic mass is 16.3. The summed E-state index contributed by atoms with van der Waals surface area (Å²) in [6.45, 7) is 0. The Bertz CT molecular complexity index is 2780. The molecule has 0 saturated carbocycles. The van der Waals surface area contributed by atoms with Crippen LogP contribution in [-0.2, 0) is 0 Å². The molecule has 10 rings (SSSR count). The van der Waals surface area contributed by atoms with Crippen LogP contribution in [0.1, 0.15) is 0 Å². The number of furan rings is 1. The number of hydrogen-bond acceptors (Lipinski definition) is 4. The minimum atomic E-state index is 0.630. The lowest BCUT2D eigenvalue weighted by Crippen LogP contribution is -2.01. The largest absolute Gasteiger partial charge is 0.456 e. The number of aromatic nitrogens is 4. The normalized spacial score (nSPS) is 11.8. The molecule has 0 aliphatic carbocycles. The first-order valence-electron chi connectivity index (χ1n) is 16.0. The zero-order valence-electron chi connectivity index (χ0n) is 25.7. The van der Waals surface area contributed by atoms with Gasteiger partial charge < -0.3 is 8.98 Å². The number of fused-ring (bicyclic) bond motifs is 9. The molecule has 0 N–H and O–H groups in total. The molecule has 0 unspecified atom stereocenters. The van der Waals surface area contributed by atoms with E-state index in [0.717, 1.165) is 55.3 Å². The Morgan fingerprint density at radius 2 is 0.958 bits per heavy atom. The zero-order chi connectivity index (χ0) is 31.6. The van der Waals surface area contributed by atoms with Crippen molar-refractivity contribution in [3.05, 3.63) is 158 Å². The molecule has 5 nitrogen and oxygen atoms in total. The van der Waals surface area contributed by atoms with Crippen molar-refractivity contribution in [2.75, 3.05) is 0 Å². The van der Waals surface area contributed by atoms with Crippen molar-refractivity contribution in [2.24, 2.45) is 0 Å². The minimum absolute atomic E-state index is 0.630. The van der Waals surface area contributed by atoms with Gasteiger partial charge >= 0.3 is 0 Å². The molecule has 7 aromatic carbocycles. The topological polar surface area (TPSA) is 56.7 Å². The molecule has 0 bridgehead atoms. The highest BCUT2D eigenvalue weighted by Gasteiger charge is 2.19. The predicted molar refractivity (Wildman–Crippen MR) is 195 cm³/mol. The van der Waals surface area contributed by atoms with Crippen molar-refractivity contribution >= 4 is 54.5 Å². The second-order valence-electron chi connectivity index (χ2n) is 12.0.